The maximum absolute atomic E-state index is 11.6. The van der Waals surface area contributed by atoms with Gasteiger partial charge >= 0.3 is 5.97 Å². The zero-order valence-electron chi connectivity index (χ0n) is 13.6. The summed E-state index contributed by atoms with van der Waals surface area (Å²) in [7, 11) is 0. The van der Waals surface area contributed by atoms with Crippen LogP contribution in [-0.4, -0.2) is 10.4 Å². The minimum Gasteiger partial charge on any atom is -0.424 e. The fourth-order valence-corrected chi connectivity index (χ4v) is 2.98. The van der Waals surface area contributed by atoms with E-state index in [1.807, 2.05) is 42.6 Å². The molecule has 3 nitrogen and oxygen atoms in total. The predicted octanol–water partition coefficient (Wildman–Crippen LogP) is 4.87. The Hall–Kier alpha value is -2.55. The fraction of sp³-hybridized carbons (Fsp3) is 0.250. The summed E-state index contributed by atoms with van der Waals surface area (Å²) in [5.74, 6) is 0.371. The number of esters is 1. The van der Waals surface area contributed by atoms with Crippen LogP contribution in [0.2, 0.25) is 0 Å². The topological polar surface area (TPSA) is 30.7 Å². The van der Waals surface area contributed by atoms with E-state index in [0.717, 1.165) is 35.9 Å². The standard InChI is InChI=1S/C20H21NO2/c1-3-4-12-17-19(16-10-6-5-7-11-16)20(23-15(2)22)18-13-8-9-14-21(17)18/h5-11,13-14H,3-4,12H2,1-2H3. The first-order chi connectivity index (χ1) is 11.2. The summed E-state index contributed by atoms with van der Waals surface area (Å²) in [6.45, 7) is 3.64. The zero-order valence-corrected chi connectivity index (χ0v) is 13.6. The number of nitrogens with zero attached hydrogens (tertiary/aromatic N) is 1. The summed E-state index contributed by atoms with van der Waals surface area (Å²) in [6, 6.07) is 16.1. The number of pyridine rings is 1. The third-order valence-electron chi connectivity index (χ3n) is 3.97. The molecule has 0 unspecified atom stereocenters. The molecule has 23 heavy (non-hydrogen) atoms. The second-order valence-corrected chi connectivity index (χ2v) is 5.67. The molecule has 0 saturated carbocycles. The van der Waals surface area contributed by atoms with Gasteiger partial charge in [0.25, 0.3) is 0 Å². The SMILES string of the molecule is CCCCc1c(-c2ccccc2)c(OC(C)=O)c2ccccn12. The first-order valence-corrected chi connectivity index (χ1v) is 8.08. The quantitative estimate of drug-likeness (QED) is 0.629. The molecule has 3 heteroatoms. The van der Waals surface area contributed by atoms with Gasteiger partial charge in [-0.05, 0) is 30.5 Å². The summed E-state index contributed by atoms with van der Waals surface area (Å²) in [5, 5.41) is 0. The Kier molecular flexibility index (Phi) is 4.47. The fourth-order valence-electron chi connectivity index (χ4n) is 2.98. The van der Waals surface area contributed by atoms with Crippen LogP contribution in [0.3, 0.4) is 0 Å². The van der Waals surface area contributed by atoms with Crippen molar-refractivity contribution in [3.8, 4) is 16.9 Å². The largest absolute Gasteiger partial charge is 0.424 e. The van der Waals surface area contributed by atoms with Crippen LogP contribution in [0.1, 0.15) is 32.4 Å². The Morgan fingerprint density at radius 1 is 1.09 bits per heavy atom. The van der Waals surface area contributed by atoms with Gasteiger partial charge in [0.1, 0.15) is 0 Å². The van der Waals surface area contributed by atoms with E-state index in [9.17, 15) is 4.79 Å². The lowest BCUT2D eigenvalue weighted by molar-refractivity contribution is -0.131. The molecule has 0 bridgehead atoms. The average molecular weight is 307 g/mol. The summed E-state index contributed by atoms with van der Waals surface area (Å²) in [6.07, 6.45) is 5.21. The van der Waals surface area contributed by atoms with Crippen LogP contribution in [0, 0.1) is 0 Å². The smallest absolute Gasteiger partial charge is 0.308 e. The molecule has 3 aromatic rings. The Balaban J connectivity index is 2.30. The van der Waals surface area contributed by atoms with Gasteiger partial charge in [0.2, 0.25) is 0 Å². The first kappa shape index (κ1) is 15.3. The highest BCUT2D eigenvalue weighted by Crippen LogP contribution is 2.40. The molecule has 0 amide bonds. The number of aryl methyl sites for hydroxylation is 1. The van der Waals surface area contributed by atoms with Crippen molar-refractivity contribution in [2.45, 2.75) is 33.1 Å². The molecule has 118 valence electrons. The first-order valence-electron chi connectivity index (χ1n) is 8.08. The predicted molar refractivity (Wildman–Crippen MR) is 92.8 cm³/mol. The van der Waals surface area contributed by atoms with Gasteiger partial charge < -0.3 is 9.14 Å². The molecular formula is C20H21NO2. The number of ether oxygens (including phenoxy) is 1. The van der Waals surface area contributed by atoms with E-state index in [2.05, 4.69) is 23.5 Å². The highest BCUT2D eigenvalue weighted by atomic mass is 16.5. The normalized spacial score (nSPS) is 10.9. The van der Waals surface area contributed by atoms with E-state index < -0.39 is 0 Å². The van der Waals surface area contributed by atoms with Gasteiger partial charge in [0.15, 0.2) is 5.75 Å². The highest BCUT2D eigenvalue weighted by molar-refractivity contribution is 5.87. The van der Waals surface area contributed by atoms with Crippen molar-refractivity contribution in [3.63, 3.8) is 0 Å². The van der Waals surface area contributed by atoms with Gasteiger partial charge in [-0.25, -0.2) is 0 Å². The van der Waals surface area contributed by atoms with Crippen molar-refractivity contribution in [1.82, 2.24) is 4.40 Å². The zero-order chi connectivity index (χ0) is 16.2. The minimum atomic E-state index is -0.291. The van der Waals surface area contributed by atoms with E-state index >= 15 is 0 Å². The van der Waals surface area contributed by atoms with Crippen LogP contribution in [0.4, 0.5) is 0 Å². The molecule has 2 aromatic heterocycles. The number of aromatic nitrogens is 1. The van der Waals surface area contributed by atoms with Gasteiger partial charge in [-0.1, -0.05) is 49.7 Å². The molecule has 0 saturated heterocycles. The molecule has 0 aliphatic carbocycles. The number of hydrogen-bond donors (Lipinski definition) is 0. The Morgan fingerprint density at radius 2 is 1.83 bits per heavy atom. The van der Waals surface area contributed by atoms with Crippen LogP contribution in [-0.2, 0) is 11.2 Å². The molecule has 0 aliphatic heterocycles. The summed E-state index contributed by atoms with van der Waals surface area (Å²) in [5.41, 5.74) is 4.25. The van der Waals surface area contributed by atoms with Gasteiger partial charge in [-0.2, -0.15) is 0 Å². The van der Waals surface area contributed by atoms with Gasteiger partial charge in [-0.3, -0.25) is 4.79 Å². The Labute approximate surface area is 136 Å². The monoisotopic (exact) mass is 307 g/mol. The Bertz CT molecular complexity index is 818. The maximum atomic E-state index is 11.6. The number of hydrogen-bond acceptors (Lipinski definition) is 2. The van der Waals surface area contributed by atoms with Crippen molar-refractivity contribution in [2.75, 3.05) is 0 Å². The van der Waals surface area contributed by atoms with E-state index in [1.54, 1.807) is 0 Å². The minimum absolute atomic E-state index is 0.291. The number of benzene rings is 1. The lowest BCUT2D eigenvalue weighted by atomic mass is 10.0. The number of carbonyl (C=O) groups excluding carboxylic acids is 1. The average Bonchev–Trinajstić information content (AvgIpc) is 2.87. The molecule has 0 spiro atoms. The van der Waals surface area contributed by atoms with E-state index in [1.165, 1.54) is 12.6 Å². The van der Waals surface area contributed by atoms with E-state index in [4.69, 9.17) is 4.74 Å². The lowest BCUT2D eigenvalue weighted by Crippen LogP contribution is -2.02. The Morgan fingerprint density at radius 3 is 2.52 bits per heavy atom. The number of rotatable bonds is 5. The van der Waals surface area contributed by atoms with Crippen LogP contribution in [0.5, 0.6) is 5.75 Å². The molecule has 0 aliphatic rings. The second-order valence-electron chi connectivity index (χ2n) is 5.67. The molecule has 3 rings (SSSR count). The van der Waals surface area contributed by atoms with Crippen molar-refractivity contribution < 1.29 is 9.53 Å². The number of carbonyl (C=O) groups is 1. The summed E-state index contributed by atoms with van der Waals surface area (Å²) < 4.78 is 7.76. The summed E-state index contributed by atoms with van der Waals surface area (Å²) >= 11 is 0. The third-order valence-corrected chi connectivity index (χ3v) is 3.97. The van der Waals surface area contributed by atoms with Gasteiger partial charge in [-0.15, -0.1) is 0 Å². The van der Waals surface area contributed by atoms with Crippen LogP contribution < -0.4 is 4.74 Å². The van der Waals surface area contributed by atoms with Crippen LogP contribution >= 0.6 is 0 Å². The van der Waals surface area contributed by atoms with Crippen molar-refractivity contribution >= 4 is 11.5 Å². The van der Waals surface area contributed by atoms with Crippen LogP contribution in [0.25, 0.3) is 16.6 Å². The molecular weight excluding hydrogens is 286 g/mol. The number of unbranched alkanes of at least 4 members (excludes halogenated alkanes) is 1. The molecule has 1 aromatic carbocycles. The molecule has 0 atom stereocenters. The van der Waals surface area contributed by atoms with Crippen molar-refractivity contribution in [1.29, 1.82) is 0 Å². The molecule has 0 radical (unpaired) electrons. The van der Waals surface area contributed by atoms with Gasteiger partial charge in [0, 0.05) is 24.4 Å². The van der Waals surface area contributed by atoms with Crippen LogP contribution in [0.15, 0.2) is 54.7 Å². The van der Waals surface area contributed by atoms with E-state index in [0.29, 0.717) is 5.75 Å². The lowest BCUT2D eigenvalue weighted by Gasteiger charge is -2.08. The highest BCUT2D eigenvalue weighted by Gasteiger charge is 2.21. The molecule has 2 heterocycles. The molecule has 0 fully saturated rings. The second kappa shape index (κ2) is 6.69. The third kappa shape index (κ3) is 3.00. The summed E-state index contributed by atoms with van der Waals surface area (Å²) in [4.78, 5) is 11.6. The maximum Gasteiger partial charge on any atom is 0.308 e. The van der Waals surface area contributed by atoms with Gasteiger partial charge in [0.05, 0.1) is 5.52 Å². The molecule has 0 N–H and O–H groups in total. The number of fused-ring (bicyclic) bond motifs is 1. The van der Waals surface area contributed by atoms with Crippen molar-refractivity contribution in [2.24, 2.45) is 0 Å². The van der Waals surface area contributed by atoms with E-state index in [-0.39, 0.29) is 5.97 Å². The van der Waals surface area contributed by atoms with Crippen molar-refractivity contribution in [3.05, 3.63) is 60.4 Å².